The number of carbonyl (C=O) groups excluding carboxylic acids is 3. The van der Waals surface area contributed by atoms with E-state index in [9.17, 15) is 14.4 Å². The van der Waals surface area contributed by atoms with Crippen molar-refractivity contribution in [3.05, 3.63) is 29.8 Å². The van der Waals surface area contributed by atoms with Crippen LogP contribution >= 0.6 is 0 Å². The Bertz CT molecular complexity index is 916. The number of likely N-dealkylation sites (tertiary alicyclic amines) is 1. The number of hydrogen-bond donors (Lipinski definition) is 2. The molecule has 3 saturated heterocycles. The highest BCUT2D eigenvalue weighted by atomic mass is 16.6. The Morgan fingerprint density at radius 3 is 2.46 bits per heavy atom. The summed E-state index contributed by atoms with van der Waals surface area (Å²) in [6.07, 6.45) is 5.21. The lowest BCUT2D eigenvalue weighted by Gasteiger charge is -2.40. The summed E-state index contributed by atoms with van der Waals surface area (Å²) in [6, 6.07) is 8.33. The molecular formula is C27H40N4O4. The molecule has 0 radical (unpaired) electrons. The minimum absolute atomic E-state index is 0.173. The van der Waals surface area contributed by atoms with E-state index in [1.165, 1.54) is 24.9 Å². The summed E-state index contributed by atoms with van der Waals surface area (Å²) in [5.41, 5.74) is 2.14. The first-order valence-corrected chi connectivity index (χ1v) is 13.0. The second-order valence-electron chi connectivity index (χ2n) is 11.4. The minimum atomic E-state index is -0.462. The molecular weight excluding hydrogens is 444 g/mol. The van der Waals surface area contributed by atoms with Crippen LogP contribution in [0.5, 0.6) is 0 Å². The molecule has 3 fully saturated rings. The third-order valence-corrected chi connectivity index (χ3v) is 7.56. The molecule has 0 saturated carbocycles. The number of anilines is 1. The molecule has 1 atom stereocenters. The van der Waals surface area contributed by atoms with Gasteiger partial charge in [0, 0.05) is 38.3 Å². The van der Waals surface area contributed by atoms with E-state index in [1.54, 1.807) is 0 Å². The number of nitrogens with zero attached hydrogens (tertiary/aromatic N) is 2. The van der Waals surface area contributed by atoms with Gasteiger partial charge in [0.2, 0.25) is 11.8 Å². The highest BCUT2D eigenvalue weighted by Crippen LogP contribution is 2.41. The van der Waals surface area contributed by atoms with Crippen LogP contribution in [0, 0.1) is 5.41 Å². The number of imide groups is 1. The standard InChI is InChI=1S/C27H40N4O4/c1-26(2,3)35-25(34)28-14-4-15-30-16-11-27(19-30)12-17-31(18-13-27)21-7-5-20(6-8-21)22-9-10-23(32)29-24(22)33/h5-8,22H,4,9-19H2,1-3H3,(H,28,34)(H,29,32,33). The molecule has 3 aliphatic heterocycles. The highest BCUT2D eigenvalue weighted by molar-refractivity contribution is 6.00. The molecule has 192 valence electrons. The number of benzene rings is 1. The van der Waals surface area contributed by atoms with Crippen molar-refractivity contribution in [2.45, 2.75) is 70.8 Å². The van der Waals surface area contributed by atoms with Crippen LogP contribution in [0.2, 0.25) is 0 Å². The fourth-order valence-corrected chi connectivity index (χ4v) is 5.60. The van der Waals surface area contributed by atoms with Gasteiger partial charge in [-0.05, 0) is 89.1 Å². The number of ether oxygens (including phenoxy) is 1. The molecule has 4 rings (SSSR count). The van der Waals surface area contributed by atoms with E-state index < -0.39 is 5.60 Å². The van der Waals surface area contributed by atoms with Gasteiger partial charge in [0.25, 0.3) is 0 Å². The van der Waals surface area contributed by atoms with Gasteiger partial charge in [0.15, 0.2) is 0 Å². The Kier molecular flexibility index (Phi) is 7.69. The van der Waals surface area contributed by atoms with Crippen LogP contribution in [0.3, 0.4) is 0 Å². The third kappa shape index (κ3) is 6.75. The van der Waals surface area contributed by atoms with Crippen LogP contribution in [0.4, 0.5) is 10.5 Å². The maximum atomic E-state index is 12.2. The third-order valence-electron chi connectivity index (χ3n) is 7.56. The molecule has 8 heteroatoms. The first kappa shape index (κ1) is 25.5. The normalized spacial score (nSPS) is 22.8. The smallest absolute Gasteiger partial charge is 0.407 e. The van der Waals surface area contributed by atoms with Crippen molar-refractivity contribution in [2.75, 3.05) is 44.2 Å². The Morgan fingerprint density at radius 1 is 1.11 bits per heavy atom. The number of piperidine rings is 2. The molecule has 1 spiro atoms. The average molecular weight is 485 g/mol. The number of alkyl carbamates (subject to hydrolysis) is 1. The van der Waals surface area contributed by atoms with Gasteiger partial charge in [-0.1, -0.05) is 12.1 Å². The van der Waals surface area contributed by atoms with Crippen LogP contribution in [0.15, 0.2) is 24.3 Å². The summed E-state index contributed by atoms with van der Waals surface area (Å²) in [5, 5.41) is 5.31. The number of carbonyl (C=O) groups is 3. The monoisotopic (exact) mass is 484 g/mol. The molecule has 3 heterocycles. The van der Waals surface area contributed by atoms with E-state index >= 15 is 0 Å². The van der Waals surface area contributed by atoms with Crippen LogP contribution < -0.4 is 15.5 Å². The van der Waals surface area contributed by atoms with E-state index in [4.69, 9.17) is 4.74 Å². The predicted octanol–water partition coefficient (Wildman–Crippen LogP) is 3.41. The molecule has 3 aliphatic rings. The molecule has 0 aromatic heterocycles. The summed E-state index contributed by atoms with van der Waals surface area (Å²) >= 11 is 0. The van der Waals surface area contributed by atoms with E-state index in [2.05, 4.69) is 32.6 Å². The van der Waals surface area contributed by atoms with Crippen molar-refractivity contribution < 1.29 is 19.1 Å². The van der Waals surface area contributed by atoms with Crippen molar-refractivity contribution in [1.29, 1.82) is 0 Å². The van der Waals surface area contributed by atoms with Gasteiger partial charge >= 0.3 is 6.09 Å². The van der Waals surface area contributed by atoms with Crippen molar-refractivity contribution in [1.82, 2.24) is 15.5 Å². The minimum Gasteiger partial charge on any atom is -0.444 e. The number of hydrogen-bond acceptors (Lipinski definition) is 6. The second-order valence-corrected chi connectivity index (χ2v) is 11.4. The maximum absolute atomic E-state index is 12.2. The maximum Gasteiger partial charge on any atom is 0.407 e. The summed E-state index contributed by atoms with van der Waals surface area (Å²) in [7, 11) is 0. The SMILES string of the molecule is CC(C)(C)OC(=O)NCCCN1CCC2(CCN(c3ccc(C4CCC(=O)NC4=O)cc3)CC2)C1. The highest BCUT2D eigenvalue weighted by Gasteiger charge is 2.40. The zero-order chi connectivity index (χ0) is 25.1. The lowest BCUT2D eigenvalue weighted by Crippen LogP contribution is -2.42. The van der Waals surface area contributed by atoms with Gasteiger partial charge in [0.05, 0.1) is 5.92 Å². The average Bonchev–Trinajstić information content (AvgIpc) is 3.19. The number of amides is 3. The molecule has 0 aliphatic carbocycles. The zero-order valence-electron chi connectivity index (χ0n) is 21.4. The van der Waals surface area contributed by atoms with Crippen molar-refractivity contribution in [2.24, 2.45) is 5.41 Å². The fourth-order valence-electron chi connectivity index (χ4n) is 5.60. The lowest BCUT2D eigenvalue weighted by molar-refractivity contribution is -0.134. The summed E-state index contributed by atoms with van der Waals surface area (Å²) < 4.78 is 5.29. The first-order valence-electron chi connectivity index (χ1n) is 13.0. The Morgan fingerprint density at radius 2 is 1.80 bits per heavy atom. The lowest BCUT2D eigenvalue weighted by atomic mass is 9.77. The van der Waals surface area contributed by atoms with Gasteiger partial charge in [-0.15, -0.1) is 0 Å². The fraction of sp³-hybridized carbons (Fsp3) is 0.667. The predicted molar refractivity (Wildman–Crippen MR) is 135 cm³/mol. The quantitative estimate of drug-likeness (QED) is 0.475. The van der Waals surface area contributed by atoms with Crippen molar-refractivity contribution >= 4 is 23.6 Å². The molecule has 3 amide bonds. The summed E-state index contributed by atoms with van der Waals surface area (Å²) in [4.78, 5) is 40.3. The molecule has 8 nitrogen and oxygen atoms in total. The Labute approximate surface area is 208 Å². The summed E-state index contributed by atoms with van der Waals surface area (Å²) in [5.74, 6) is -0.580. The van der Waals surface area contributed by atoms with Crippen LogP contribution in [-0.2, 0) is 14.3 Å². The van der Waals surface area contributed by atoms with Crippen molar-refractivity contribution in [3.8, 4) is 0 Å². The van der Waals surface area contributed by atoms with E-state index in [0.717, 1.165) is 44.7 Å². The first-order chi connectivity index (χ1) is 16.6. The Balaban J connectivity index is 1.19. The van der Waals surface area contributed by atoms with Gasteiger partial charge in [-0.3, -0.25) is 14.9 Å². The molecule has 1 aromatic rings. The van der Waals surface area contributed by atoms with E-state index in [0.29, 0.717) is 24.8 Å². The van der Waals surface area contributed by atoms with E-state index in [1.807, 2.05) is 32.9 Å². The zero-order valence-corrected chi connectivity index (χ0v) is 21.4. The summed E-state index contributed by atoms with van der Waals surface area (Å²) in [6.45, 7) is 11.6. The number of rotatable bonds is 6. The van der Waals surface area contributed by atoms with Gasteiger partial charge < -0.3 is 19.9 Å². The largest absolute Gasteiger partial charge is 0.444 e. The van der Waals surface area contributed by atoms with E-state index in [-0.39, 0.29) is 23.8 Å². The van der Waals surface area contributed by atoms with Crippen LogP contribution in [0.25, 0.3) is 0 Å². The van der Waals surface area contributed by atoms with Crippen molar-refractivity contribution in [3.63, 3.8) is 0 Å². The van der Waals surface area contributed by atoms with Crippen LogP contribution in [0.1, 0.15) is 70.8 Å². The van der Waals surface area contributed by atoms with Crippen LogP contribution in [-0.4, -0.2) is 67.7 Å². The molecule has 2 N–H and O–H groups in total. The van der Waals surface area contributed by atoms with Gasteiger partial charge in [-0.25, -0.2) is 4.79 Å². The molecule has 1 aromatic carbocycles. The topological polar surface area (TPSA) is 91.0 Å². The number of nitrogens with one attached hydrogen (secondary N) is 2. The molecule has 0 bridgehead atoms. The van der Waals surface area contributed by atoms with Gasteiger partial charge in [-0.2, -0.15) is 0 Å². The Hall–Kier alpha value is -2.61. The second kappa shape index (κ2) is 10.6. The molecule has 35 heavy (non-hydrogen) atoms. The molecule has 1 unspecified atom stereocenters. The van der Waals surface area contributed by atoms with Gasteiger partial charge in [0.1, 0.15) is 5.60 Å².